The molecule has 0 spiro atoms. The van der Waals surface area contributed by atoms with Crippen molar-refractivity contribution in [2.75, 3.05) is 26.9 Å². The van der Waals surface area contributed by atoms with E-state index in [2.05, 4.69) is 9.79 Å². The number of rotatable bonds is 6. The fourth-order valence-electron chi connectivity index (χ4n) is 1.86. The van der Waals surface area contributed by atoms with Gasteiger partial charge in [-0.05, 0) is 25.2 Å². The smallest absolute Gasteiger partial charge is 0.303 e. The first-order valence-electron chi connectivity index (χ1n) is 5.32. The van der Waals surface area contributed by atoms with Crippen LogP contribution < -0.4 is 0 Å². The van der Waals surface area contributed by atoms with E-state index in [0.717, 1.165) is 32.4 Å². The molecule has 1 rings (SSSR count). The first kappa shape index (κ1) is 12.4. The fraction of sp³-hybridized carbons (Fsp3) is 0.900. The number of nitrogens with zero attached hydrogens (tertiary/aromatic N) is 1. The van der Waals surface area contributed by atoms with Crippen molar-refractivity contribution in [1.29, 1.82) is 0 Å². The first-order chi connectivity index (χ1) is 7.22. The monoisotopic (exact) mass is 217 g/mol. The van der Waals surface area contributed by atoms with Crippen molar-refractivity contribution < 1.29 is 19.7 Å². The van der Waals surface area contributed by atoms with Crippen LogP contribution in [0.2, 0.25) is 0 Å². The molecule has 1 N–H and O–H groups in total. The molecule has 1 aliphatic heterocycles. The molecule has 88 valence electrons. The molecular formula is C10H19NO4. The molecule has 0 amide bonds. The molecule has 15 heavy (non-hydrogen) atoms. The fourth-order valence-corrected chi connectivity index (χ4v) is 1.86. The Hall–Kier alpha value is -0.650. The van der Waals surface area contributed by atoms with Crippen molar-refractivity contribution in [2.45, 2.75) is 25.7 Å². The minimum absolute atomic E-state index is 0.291. The van der Waals surface area contributed by atoms with Gasteiger partial charge in [-0.25, -0.2) is 9.78 Å². The van der Waals surface area contributed by atoms with Gasteiger partial charge in [-0.2, -0.15) is 0 Å². The molecule has 0 atom stereocenters. The molecule has 0 radical (unpaired) electrons. The lowest BCUT2D eigenvalue weighted by atomic mass is 9.92. The molecule has 0 bridgehead atoms. The van der Waals surface area contributed by atoms with Gasteiger partial charge >= 0.3 is 5.97 Å². The highest BCUT2D eigenvalue weighted by Gasteiger charge is 2.19. The van der Waals surface area contributed by atoms with Gasteiger partial charge in [0.25, 0.3) is 0 Å². The lowest BCUT2D eigenvalue weighted by Gasteiger charge is -2.30. The second-order valence-electron chi connectivity index (χ2n) is 3.91. The largest absolute Gasteiger partial charge is 0.481 e. The molecule has 1 aliphatic rings. The van der Waals surface area contributed by atoms with Crippen LogP contribution in [0.1, 0.15) is 25.7 Å². The topological polar surface area (TPSA) is 59.0 Å². The Balaban J connectivity index is 2.09. The highest BCUT2D eigenvalue weighted by Crippen LogP contribution is 2.21. The molecule has 5 heteroatoms. The van der Waals surface area contributed by atoms with Crippen LogP contribution in [0.5, 0.6) is 0 Å². The Bertz CT molecular complexity index is 190. The maximum Gasteiger partial charge on any atom is 0.303 e. The van der Waals surface area contributed by atoms with Crippen molar-refractivity contribution in [2.24, 2.45) is 5.92 Å². The molecule has 1 heterocycles. The first-order valence-corrected chi connectivity index (χ1v) is 5.32. The van der Waals surface area contributed by atoms with Crippen molar-refractivity contribution >= 4 is 5.97 Å². The molecule has 0 saturated carbocycles. The molecule has 5 nitrogen and oxygen atoms in total. The quantitative estimate of drug-likeness (QED) is 0.533. The molecule has 0 aromatic heterocycles. The Morgan fingerprint density at radius 3 is 2.67 bits per heavy atom. The van der Waals surface area contributed by atoms with E-state index in [0.29, 0.717) is 19.1 Å². The number of hydrogen-bond acceptors (Lipinski definition) is 4. The minimum atomic E-state index is -0.694. The Morgan fingerprint density at radius 2 is 2.13 bits per heavy atom. The summed E-state index contributed by atoms with van der Waals surface area (Å²) in [6, 6.07) is 0. The van der Waals surface area contributed by atoms with Gasteiger partial charge in [-0.15, -0.1) is 0 Å². The van der Waals surface area contributed by atoms with Crippen molar-refractivity contribution in [3.8, 4) is 0 Å². The van der Waals surface area contributed by atoms with Gasteiger partial charge in [-0.3, -0.25) is 9.69 Å². The van der Waals surface area contributed by atoms with E-state index in [4.69, 9.17) is 9.99 Å². The summed E-state index contributed by atoms with van der Waals surface area (Å²) in [5.41, 5.74) is 0. The molecule has 0 aromatic carbocycles. The van der Waals surface area contributed by atoms with Crippen LogP contribution in [-0.4, -0.2) is 42.9 Å². The second kappa shape index (κ2) is 6.76. The highest BCUT2D eigenvalue weighted by molar-refractivity contribution is 5.66. The van der Waals surface area contributed by atoms with Crippen molar-refractivity contribution in [1.82, 2.24) is 4.90 Å². The van der Waals surface area contributed by atoms with Gasteiger partial charge in [0.15, 0.2) is 0 Å². The normalized spacial score (nSPS) is 19.3. The third-order valence-corrected chi connectivity index (χ3v) is 2.83. The standard InChI is InChI=1S/C10H19NO4/c1-14-15-8-11-6-4-9(5-7-11)2-3-10(12)13/h9H,2-8H2,1H3,(H,12,13). The van der Waals surface area contributed by atoms with E-state index < -0.39 is 5.97 Å². The zero-order valence-corrected chi connectivity index (χ0v) is 9.15. The maximum atomic E-state index is 10.4. The van der Waals surface area contributed by atoms with Crippen LogP contribution in [-0.2, 0) is 14.6 Å². The Labute approximate surface area is 89.9 Å². The number of aliphatic carboxylic acids is 1. The summed E-state index contributed by atoms with van der Waals surface area (Å²) in [4.78, 5) is 21.9. The summed E-state index contributed by atoms with van der Waals surface area (Å²) in [7, 11) is 1.50. The zero-order chi connectivity index (χ0) is 11.1. The van der Waals surface area contributed by atoms with Crippen LogP contribution in [0.3, 0.4) is 0 Å². The summed E-state index contributed by atoms with van der Waals surface area (Å²) in [6.07, 6.45) is 3.20. The highest BCUT2D eigenvalue weighted by atomic mass is 17.2. The number of hydrogen-bond donors (Lipinski definition) is 1. The van der Waals surface area contributed by atoms with E-state index in [1.807, 2.05) is 0 Å². The number of likely N-dealkylation sites (tertiary alicyclic amines) is 1. The Morgan fingerprint density at radius 1 is 1.47 bits per heavy atom. The number of carboxylic acid groups (broad SMARTS) is 1. The SMILES string of the molecule is COOCN1CCC(CCC(=O)O)CC1. The predicted octanol–water partition coefficient (Wildman–Crippen LogP) is 1.10. The van der Waals surface area contributed by atoms with Crippen molar-refractivity contribution in [3.05, 3.63) is 0 Å². The van der Waals surface area contributed by atoms with Gasteiger partial charge in [0, 0.05) is 19.5 Å². The molecule has 0 unspecified atom stereocenters. The van der Waals surface area contributed by atoms with Crippen LogP contribution in [0.4, 0.5) is 0 Å². The third kappa shape index (κ3) is 5.11. The molecule has 0 aliphatic carbocycles. The number of carbonyl (C=O) groups is 1. The third-order valence-electron chi connectivity index (χ3n) is 2.83. The predicted molar refractivity (Wildman–Crippen MR) is 54.1 cm³/mol. The molecule has 1 saturated heterocycles. The minimum Gasteiger partial charge on any atom is -0.481 e. The zero-order valence-electron chi connectivity index (χ0n) is 9.15. The van der Waals surface area contributed by atoms with E-state index >= 15 is 0 Å². The molecule has 0 aromatic rings. The number of carboxylic acids is 1. The van der Waals surface area contributed by atoms with E-state index in [9.17, 15) is 4.79 Å². The van der Waals surface area contributed by atoms with Gasteiger partial charge in [0.2, 0.25) is 0 Å². The lowest BCUT2D eigenvalue weighted by Crippen LogP contribution is -2.35. The molecular weight excluding hydrogens is 198 g/mol. The van der Waals surface area contributed by atoms with Gasteiger partial charge in [-0.1, -0.05) is 0 Å². The summed E-state index contributed by atoms with van der Waals surface area (Å²) in [5, 5.41) is 8.57. The summed E-state index contributed by atoms with van der Waals surface area (Å²) in [6.45, 7) is 2.43. The summed E-state index contributed by atoms with van der Waals surface area (Å²) < 4.78 is 0. The number of piperidine rings is 1. The Kier molecular flexibility index (Phi) is 5.60. The average molecular weight is 217 g/mol. The van der Waals surface area contributed by atoms with Crippen LogP contribution in [0.25, 0.3) is 0 Å². The van der Waals surface area contributed by atoms with Gasteiger partial charge < -0.3 is 5.11 Å². The van der Waals surface area contributed by atoms with Gasteiger partial charge in [0.05, 0.1) is 7.11 Å². The van der Waals surface area contributed by atoms with Gasteiger partial charge in [0.1, 0.15) is 6.73 Å². The summed E-state index contributed by atoms with van der Waals surface area (Å²) >= 11 is 0. The summed E-state index contributed by atoms with van der Waals surface area (Å²) in [5.74, 6) is -0.139. The van der Waals surface area contributed by atoms with Crippen LogP contribution in [0, 0.1) is 5.92 Å². The maximum absolute atomic E-state index is 10.4. The average Bonchev–Trinajstić information content (AvgIpc) is 2.25. The lowest BCUT2D eigenvalue weighted by molar-refractivity contribution is -0.296. The van der Waals surface area contributed by atoms with Crippen LogP contribution in [0.15, 0.2) is 0 Å². The van der Waals surface area contributed by atoms with E-state index in [1.165, 1.54) is 7.11 Å². The second-order valence-corrected chi connectivity index (χ2v) is 3.91. The van der Waals surface area contributed by atoms with Crippen LogP contribution >= 0.6 is 0 Å². The van der Waals surface area contributed by atoms with E-state index in [-0.39, 0.29) is 0 Å². The van der Waals surface area contributed by atoms with Crippen molar-refractivity contribution in [3.63, 3.8) is 0 Å². The van der Waals surface area contributed by atoms with E-state index in [1.54, 1.807) is 0 Å². The molecule has 1 fully saturated rings.